The quantitative estimate of drug-likeness (QED) is 0.657. The minimum absolute atomic E-state index is 0.902. The number of anilines is 1. The number of hydrogen-bond acceptors (Lipinski definition) is 5. The Morgan fingerprint density at radius 2 is 2.22 bits per heavy atom. The van der Waals surface area contributed by atoms with Gasteiger partial charge in [0.25, 0.3) is 0 Å². The highest BCUT2D eigenvalue weighted by molar-refractivity contribution is 7.19. The van der Waals surface area contributed by atoms with E-state index in [1.807, 2.05) is 19.1 Å². The fourth-order valence-corrected chi connectivity index (χ4v) is 2.71. The van der Waals surface area contributed by atoms with Crippen LogP contribution in [-0.4, -0.2) is 12.1 Å². The molecule has 0 saturated heterocycles. The molecular formula is C13H17N3OS. The zero-order valence-electron chi connectivity index (χ0n) is 10.8. The number of nitrogens with zero attached hydrogens (tertiary/aromatic N) is 1. The predicted molar refractivity (Wildman–Crippen MR) is 76.0 cm³/mol. The molecule has 18 heavy (non-hydrogen) atoms. The Labute approximate surface area is 111 Å². The molecule has 96 valence electrons. The third-order valence-electron chi connectivity index (χ3n) is 2.84. The molecule has 0 atom stereocenters. The summed E-state index contributed by atoms with van der Waals surface area (Å²) in [6.45, 7) is 4.06. The monoisotopic (exact) mass is 263 g/mol. The van der Waals surface area contributed by atoms with Crippen LogP contribution in [0.15, 0.2) is 18.2 Å². The van der Waals surface area contributed by atoms with Gasteiger partial charge in [0.1, 0.15) is 15.8 Å². The molecule has 0 fully saturated rings. The van der Waals surface area contributed by atoms with Crippen molar-refractivity contribution in [3.63, 3.8) is 0 Å². The van der Waals surface area contributed by atoms with Crippen molar-refractivity contribution in [3.8, 4) is 16.3 Å². The number of nitrogen functional groups attached to an aromatic ring is 1. The summed E-state index contributed by atoms with van der Waals surface area (Å²) in [5, 5.41) is 1.87. The summed E-state index contributed by atoms with van der Waals surface area (Å²) in [6.07, 6.45) is 0.934. The molecule has 0 aliphatic rings. The van der Waals surface area contributed by atoms with Crippen LogP contribution in [0, 0.1) is 6.92 Å². The van der Waals surface area contributed by atoms with E-state index in [0.29, 0.717) is 0 Å². The van der Waals surface area contributed by atoms with Crippen LogP contribution in [0.4, 0.5) is 5.00 Å². The Hall–Kier alpha value is -1.59. The Bertz CT molecular complexity index is 551. The summed E-state index contributed by atoms with van der Waals surface area (Å²) in [7, 11) is 1.69. The summed E-state index contributed by atoms with van der Waals surface area (Å²) in [4.78, 5) is 4.52. The molecule has 0 bridgehead atoms. The number of aryl methyl sites for hydroxylation is 2. The second-order valence-electron chi connectivity index (χ2n) is 3.96. The summed E-state index contributed by atoms with van der Waals surface area (Å²) < 4.78 is 5.33. The molecule has 2 aromatic rings. The van der Waals surface area contributed by atoms with Crippen molar-refractivity contribution in [1.29, 1.82) is 0 Å². The van der Waals surface area contributed by atoms with E-state index >= 15 is 0 Å². The maximum Gasteiger partial charge on any atom is 0.126 e. The van der Waals surface area contributed by atoms with Crippen LogP contribution in [0.1, 0.15) is 18.2 Å². The molecule has 0 aliphatic heterocycles. The first-order chi connectivity index (χ1) is 8.69. The van der Waals surface area contributed by atoms with E-state index in [-0.39, 0.29) is 0 Å². The smallest absolute Gasteiger partial charge is 0.126 e. The normalized spacial score (nSPS) is 10.4. The van der Waals surface area contributed by atoms with Crippen molar-refractivity contribution < 1.29 is 4.74 Å². The Balaban J connectivity index is 2.44. The van der Waals surface area contributed by atoms with E-state index in [0.717, 1.165) is 33.4 Å². The van der Waals surface area contributed by atoms with Gasteiger partial charge in [0.15, 0.2) is 0 Å². The van der Waals surface area contributed by atoms with Gasteiger partial charge in [-0.3, -0.25) is 0 Å². The van der Waals surface area contributed by atoms with E-state index in [9.17, 15) is 0 Å². The molecule has 0 aliphatic carbocycles. The Morgan fingerprint density at radius 3 is 2.78 bits per heavy atom. The van der Waals surface area contributed by atoms with E-state index in [4.69, 9.17) is 10.6 Å². The largest absolute Gasteiger partial charge is 0.496 e. The SMILES string of the molecule is CCc1cc(-c2nc(C)c(NN)s2)ccc1OC. The van der Waals surface area contributed by atoms with Crippen molar-refractivity contribution in [2.45, 2.75) is 20.3 Å². The van der Waals surface area contributed by atoms with Crippen molar-refractivity contribution >= 4 is 16.3 Å². The molecule has 1 heterocycles. The van der Waals surface area contributed by atoms with Crippen LogP contribution >= 0.6 is 11.3 Å². The van der Waals surface area contributed by atoms with Crippen LogP contribution in [-0.2, 0) is 6.42 Å². The topological polar surface area (TPSA) is 60.2 Å². The van der Waals surface area contributed by atoms with Crippen LogP contribution in [0.2, 0.25) is 0 Å². The number of thiazole rings is 1. The number of hydrazine groups is 1. The Morgan fingerprint density at radius 1 is 1.44 bits per heavy atom. The number of nitrogens with one attached hydrogen (secondary N) is 1. The van der Waals surface area contributed by atoms with Gasteiger partial charge in [0.2, 0.25) is 0 Å². The van der Waals surface area contributed by atoms with Crippen molar-refractivity contribution in [3.05, 3.63) is 29.5 Å². The van der Waals surface area contributed by atoms with E-state index in [1.165, 1.54) is 5.56 Å². The van der Waals surface area contributed by atoms with Crippen molar-refractivity contribution in [2.24, 2.45) is 5.84 Å². The zero-order chi connectivity index (χ0) is 13.1. The molecule has 2 rings (SSSR count). The molecule has 0 amide bonds. The second-order valence-corrected chi connectivity index (χ2v) is 4.96. The fraction of sp³-hybridized carbons (Fsp3) is 0.308. The lowest BCUT2D eigenvalue weighted by Crippen LogP contribution is -2.05. The molecule has 5 heteroatoms. The molecule has 0 saturated carbocycles. The number of ether oxygens (including phenoxy) is 1. The second kappa shape index (κ2) is 5.37. The standard InChI is InChI=1S/C13H17N3OS/c1-4-9-7-10(5-6-11(9)17-3)13-15-8(2)12(16-14)18-13/h5-7,16H,4,14H2,1-3H3. The molecule has 1 aromatic carbocycles. The van der Waals surface area contributed by atoms with Gasteiger partial charge >= 0.3 is 0 Å². The van der Waals surface area contributed by atoms with Gasteiger partial charge in [-0.2, -0.15) is 0 Å². The molecule has 1 aromatic heterocycles. The lowest BCUT2D eigenvalue weighted by Gasteiger charge is -2.07. The summed E-state index contributed by atoms with van der Waals surface area (Å²) in [5.41, 5.74) is 5.88. The summed E-state index contributed by atoms with van der Waals surface area (Å²) in [6, 6.07) is 6.13. The Kier molecular flexibility index (Phi) is 3.84. The number of nitrogens with two attached hydrogens (primary N) is 1. The van der Waals surface area contributed by atoms with Crippen LogP contribution < -0.4 is 16.0 Å². The average molecular weight is 263 g/mol. The van der Waals surface area contributed by atoms with Crippen molar-refractivity contribution in [2.75, 3.05) is 12.5 Å². The molecular weight excluding hydrogens is 246 g/mol. The number of aromatic nitrogens is 1. The first-order valence-electron chi connectivity index (χ1n) is 5.81. The molecule has 4 nitrogen and oxygen atoms in total. The maximum absolute atomic E-state index is 5.44. The van der Waals surface area contributed by atoms with Gasteiger partial charge in [0, 0.05) is 5.56 Å². The minimum atomic E-state index is 0.902. The molecule has 0 spiro atoms. The molecule has 0 unspecified atom stereocenters. The van der Waals surface area contributed by atoms with Gasteiger partial charge < -0.3 is 10.2 Å². The highest BCUT2D eigenvalue weighted by Gasteiger charge is 2.10. The number of methoxy groups -OCH3 is 1. The predicted octanol–water partition coefficient (Wildman–Crippen LogP) is 2.98. The molecule has 3 N–H and O–H groups in total. The van der Waals surface area contributed by atoms with E-state index < -0.39 is 0 Å². The zero-order valence-corrected chi connectivity index (χ0v) is 11.6. The van der Waals surface area contributed by atoms with E-state index in [2.05, 4.69) is 23.4 Å². The van der Waals surface area contributed by atoms with Crippen molar-refractivity contribution in [1.82, 2.24) is 4.98 Å². The van der Waals surface area contributed by atoms with Gasteiger partial charge in [-0.05, 0) is 37.1 Å². The molecule has 0 radical (unpaired) electrons. The highest BCUT2D eigenvalue weighted by atomic mass is 32.1. The fourth-order valence-electron chi connectivity index (χ4n) is 1.84. The van der Waals surface area contributed by atoms with Crippen LogP contribution in [0.3, 0.4) is 0 Å². The van der Waals surface area contributed by atoms with Crippen LogP contribution in [0.5, 0.6) is 5.75 Å². The summed E-state index contributed by atoms with van der Waals surface area (Å²) in [5.74, 6) is 6.37. The number of hydrogen-bond donors (Lipinski definition) is 2. The third kappa shape index (κ3) is 2.32. The van der Waals surface area contributed by atoms with Crippen LogP contribution in [0.25, 0.3) is 10.6 Å². The maximum atomic E-state index is 5.44. The highest BCUT2D eigenvalue weighted by Crippen LogP contribution is 2.33. The van der Waals surface area contributed by atoms with Gasteiger partial charge in [0.05, 0.1) is 12.8 Å². The lowest BCUT2D eigenvalue weighted by atomic mass is 10.1. The number of rotatable bonds is 4. The van der Waals surface area contributed by atoms with Gasteiger partial charge in [-0.25, -0.2) is 10.8 Å². The average Bonchev–Trinajstić information content (AvgIpc) is 2.79. The first-order valence-corrected chi connectivity index (χ1v) is 6.62. The summed E-state index contributed by atoms with van der Waals surface area (Å²) >= 11 is 1.56. The van der Waals surface area contributed by atoms with E-state index in [1.54, 1.807) is 18.4 Å². The van der Waals surface area contributed by atoms with Gasteiger partial charge in [-0.1, -0.05) is 18.3 Å². The third-order valence-corrected chi connectivity index (χ3v) is 3.97. The first kappa shape index (κ1) is 12.9. The number of benzene rings is 1. The minimum Gasteiger partial charge on any atom is -0.496 e. The van der Waals surface area contributed by atoms with Gasteiger partial charge in [-0.15, -0.1) is 0 Å². The lowest BCUT2D eigenvalue weighted by molar-refractivity contribution is 0.410.